The highest BCUT2D eigenvalue weighted by Crippen LogP contribution is 2.38. The largest absolute Gasteiger partial charge is 0.454 e. The van der Waals surface area contributed by atoms with Gasteiger partial charge in [0, 0.05) is 38.7 Å². The summed E-state index contributed by atoms with van der Waals surface area (Å²) in [6.45, 7) is 0.843. The first-order valence-corrected chi connectivity index (χ1v) is 8.55. The minimum absolute atomic E-state index is 0. The number of urea groups is 1. The lowest BCUT2D eigenvalue weighted by atomic mass is 10.2. The molecule has 0 aromatic heterocycles. The van der Waals surface area contributed by atoms with E-state index in [0.717, 1.165) is 5.56 Å². The first kappa shape index (κ1) is 21.2. The van der Waals surface area contributed by atoms with Crippen LogP contribution in [0.25, 0.3) is 0 Å². The normalized spacial score (nSPS) is 11.3. The third-order valence-corrected chi connectivity index (χ3v) is 4.06. The fraction of sp³-hybridized carbons (Fsp3) is 0.263. The van der Waals surface area contributed by atoms with Crippen LogP contribution in [0.15, 0.2) is 42.5 Å². The quantitative estimate of drug-likeness (QED) is 0.639. The van der Waals surface area contributed by atoms with E-state index in [9.17, 15) is 9.59 Å². The molecule has 0 saturated carbocycles. The Morgan fingerprint density at radius 1 is 1.14 bits per heavy atom. The summed E-state index contributed by atoms with van der Waals surface area (Å²) < 4.78 is 10.5. The number of rotatable bonds is 6. The van der Waals surface area contributed by atoms with Crippen LogP contribution in [0, 0.1) is 0 Å². The molecule has 0 unspecified atom stereocenters. The van der Waals surface area contributed by atoms with Crippen molar-refractivity contribution in [3.63, 3.8) is 0 Å². The number of hydrogen-bond acceptors (Lipinski definition) is 5. The Morgan fingerprint density at radius 2 is 1.82 bits per heavy atom. The number of ether oxygens (including phenoxy) is 2. The van der Waals surface area contributed by atoms with Gasteiger partial charge in [0.2, 0.25) is 12.7 Å². The van der Waals surface area contributed by atoms with Crippen molar-refractivity contribution in [3.8, 4) is 11.5 Å². The summed E-state index contributed by atoms with van der Waals surface area (Å²) in [6, 6.07) is 12.7. The third kappa shape index (κ3) is 5.43. The van der Waals surface area contributed by atoms with Gasteiger partial charge in [0.1, 0.15) is 0 Å². The minimum Gasteiger partial charge on any atom is -0.454 e. The molecule has 1 aliphatic heterocycles. The number of nitrogens with zero attached hydrogens (tertiary/aromatic N) is 1. The van der Waals surface area contributed by atoms with Gasteiger partial charge in [-0.1, -0.05) is 30.3 Å². The summed E-state index contributed by atoms with van der Waals surface area (Å²) in [5.41, 5.74) is 7.78. The van der Waals surface area contributed by atoms with Gasteiger partial charge in [-0.3, -0.25) is 4.79 Å². The Balaban J connectivity index is 0.00000280. The Kier molecular flexibility index (Phi) is 7.34. The van der Waals surface area contributed by atoms with E-state index in [-0.39, 0.29) is 44.1 Å². The highest BCUT2D eigenvalue weighted by Gasteiger charge is 2.17. The maximum Gasteiger partial charge on any atom is 0.317 e. The molecule has 2 aromatic carbocycles. The number of carbonyl (C=O) groups is 2. The topological polar surface area (TPSA) is 106 Å². The zero-order valence-electron chi connectivity index (χ0n) is 15.4. The van der Waals surface area contributed by atoms with Crippen LogP contribution in [-0.4, -0.2) is 37.2 Å². The van der Waals surface area contributed by atoms with Gasteiger partial charge in [-0.05, 0) is 5.56 Å². The van der Waals surface area contributed by atoms with E-state index >= 15 is 0 Å². The summed E-state index contributed by atoms with van der Waals surface area (Å²) in [5.74, 6) is 0.834. The van der Waals surface area contributed by atoms with Crippen molar-refractivity contribution < 1.29 is 19.1 Å². The molecule has 0 saturated heterocycles. The molecule has 0 fully saturated rings. The number of nitrogen functional groups attached to an aromatic ring is 1. The van der Waals surface area contributed by atoms with Gasteiger partial charge in [-0.15, -0.1) is 12.4 Å². The van der Waals surface area contributed by atoms with Crippen LogP contribution < -0.4 is 25.8 Å². The molecule has 4 N–H and O–H groups in total. The van der Waals surface area contributed by atoms with Gasteiger partial charge < -0.3 is 30.7 Å². The molecule has 0 spiro atoms. The lowest BCUT2D eigenvalue weighted by molar-refractivity contribution is -0.116. The van der Waals surface area contributed by atoms with Crippen LogP contribution in [0.2, 0.25) is 0 Å². The van der Waals surface area contributed by atoms with Gasteiger partial charge in [-0.2, -0.15) is 0 Å². The lowest BCUT2D eigenvalue weighted by Gasteiger charge is -2.18. The fourth-order valence-electron chi connectivity index (χ4n) is 2.63. The number of nitrogens with two attached hydrogens (primary N) is 1. The lowest BCUT2D eigenvalue weighted by Crippen LogP contribution is -2.38. The Labute approximate surface area is 169 Å². The highest BCUT2D eigenvalue weighted by molar-refractivity contribution is 5.95. The van der Waals surface area contributed by atoms with Crippen molar-refractivity contribution >= 4 is 35.7 Å². The van der Waals surface area contributed by atoms with E-state index in [2.05, 4.69) is 10.6 Å². The Morgan fingerprint density at radius 3 is 2.54 bits per heavy atom. The molecule has 1 heterocycles. The predicted octanol–water partition coefficient (Wildman–Crippen LogP) is 2.59. The number of hydrogen-bond donors (Lipinski definition) is 3. The highest BCUT2D eigenvalue weighted by atomic mass is 35.5. The van der Waals surface area contributed by atoms with Crippen molar-refractivity contribution in [2.45, 2.75) is 13.0 Å². The van der Waals surface area contributed by atoms with E-state index in [1.54, 1.807) is 24.1 Å². The van der Waals surface area contributed by atoms with Crippen molar-refractivity contribution in [3.05, 3.63) is 48.0 Å². The van der Waals surface area contributed by atoms with Gasteiger partial charge in [0.25, 0.3) is 0 Å². The van der Waals surface area contributed by atoms with E-state index in [0.29, 0.717) is 29.4 Å². The summed E-state index contributed by atoms with van der Waals surface area (Å²) in [4.78, 5) is 25.8. The molecule has 3 rings (SSSR count). The third-order valence-electron chi connectivity index (χ3n) is 4.06. The number of nitrogens with one attached hydrogen (secondary N) is 2. The maximum absolute atomic E-state index is 12.1. The van der Waals surface area contributed by atoms with E-state index < -0.39 is 0 Å². The van der Waals surface area contributed by atoms with Gasteiger partial charge in [0.15, 0.2) is 11.5 Å². The number of benzene rings is 2. The van der Waals surface area contributed by atoms with E-state index in [1.165, 1.54) is 0 Å². The van der Waals surface area contributed by atoms with Crippen LogP contribution in [-0.2, 0) is 11.3 Å². The zero-order chi connectivity index (χ0) is 19.2. The Bertz CT molecular complexity index is 832. The van der Waals surface area contributed by atoms with E-state index in [1.807, 2.05) is 30.3 Å². The van der Waals surface area contributed by atoms with Crippen LogP contribution >= 0.6 is 12.4 Å². The van der Waals surface area contributed by atoms with Crippen LogP contribution in [0.3, 0.4) is 0 Å². The summed E-state index contributed by atoms with van der Waals surface area (Å²) >= 11 is 0. The van der Waals surface area contributed by atoms with Crippen molar-refractivity contribution in [2.75, 3.05) is 31.4 Å². The van der Waals surface area contributed by atoms with Crippen molar-refractivity contribution in [2.24, 2.45) is 0 Å². The summed E-state index contributed by atoms with van der Waals surface area (Å²) in [6.07, 6.45) is 0.124. The second-order valence-corrected chi connectivity index (χ2v) is 6.16. The van der Waals surface area contributed by atoms with E-state index in [4.69, 9.17) is 15.2 Å². The first-order valence-electron chi connectivity index (χ1n) is 8.55. The number of amides is 3. The number of carbonyl (C=O) groups excluding carboxylic acids is 2. The molecule has 28 heavy (non-hydrogen) atoms. The molecule has 0 atom stereocenters. The minimum atomic E-state index is -0.258. The van der Waals surface area contributed by atoms with Crippen LogP contribution in [0.5, 0.6) is 11.5 Å². The summed E-state index contributed by atoms with van der Waals surface area (Å²) in [5, 5.41) is 5.44. The zero-order valence-corrected chi connectivity index (χ0v) is 16.3. The standard InChI is InChI=1S/C19H22N4O4.ClH/c1-23(11-13-5-3-2-4-6-13)19(25)21-8-7-18(24)22-15-10-17-16(9-14(15)20)26-12-27-17;/h2-6,9-10H,7-8,11-12,20H2,1H3,(H,21,25)(H,22,24);1H. The molecule has 8 nitrogen and oxygen atoms in total. The van der Waals surface area contributed by atoms with Gasteiger partial charge in [0.05, 0.1) is 11.4 Å². The molecule has 9 heteroatoms. The number of anilines is 2. The van der Waals surface area contributed by atoms with Gasteiger partial charge >= 0.3 is 6.03 Å². The Hall–Kier alpha value is -3.13. The summed E-state index contributed by atoms with van der Waals surface area (Å²) in [7, 11) is 1.70. The molecule has 1 aliphatic rings. The molecular formula is C19H23ClN4O4. The fourth-order valence-corrected chi connectivity index (χ4v) is 2.63. The molecule has 0 aliphatic carbocycles. The predicted molar refractivity (Wildman–Crippen MR) is 109 cm³/mol. The smallest absolute Gasteiger partial charge is 0.317 e. The average molecular weight is 407 g/mol. The van der Waals surface area contributed by atoms with Crippen molar-refractivity contribution in [1.29, 1.82) is 0 Å². The molecular weight excluding hydrogens is 384 g/mol. The SMILES string of the molecule is CN(Cc1ccccc1)C(=O)NCCC(=O)Nc1cc2c(cc1N)OCO2.Cl. The molecule has 150 valence electrons. The maximum atomic E-state index is 12.1. The monoisotopic (exact) mass is 406 g/mol. The molecule has 3 amide bonds. The average Bonchev–Trinajstić information content (AvgIpc) is 3.09. The first-order chi connectivity index (χ1) is 13.0. The molecule has 0 bridgehead atoms. The second-order valence-electron chi connectivity index (χ2n) is 6.16. The second kappa shape index (κ2) is 9.70. The molecule has 2 aromatic rings. The van der Waals surface area contributed by atoms with Crippen LogP contribution in [0.1, 0.15) is 12.0 Å². The van der Waals surface area contributed by atoms with Gasteiger partial charge in [-0.25, -0.2) is 4.79 Å². The number of fused-ring (bicyclic) bond motifs is 1. The number of halogens is 1. The van der Waals surface area contributed by atoms with Crippen molar-refractivity contribution in [1.82, 2.24) is 10.2 Å². The van der Waals surface area contributed by atoms with Crippen LogP contribution in [0.4, 0.5) is 16.2 Å². The molecule has 0 radical (unpaired) electrons.